The quantitative estimate of drug-likeness (QED) is 0.628. The molecule has 6 heteroatoms. The zero-order valence-electron chi connectivity index (χ0n) is 14.5. The summed E-state index contributed by atoms with van der Waals surface area (Å²) < 4.78 is 38.5. The van der Waals surface area contributed by atoms with Gasteiger partial charge in [0.25, 0.3) is 0 Å². The Morgan fingerprint density at radius 1 is 0.852 bits per heavy atom. The molecule has 4 rings (SSSR count). The largest absolute Gasteiger partial charge is 0.416 e. The van der Waals surface area contributed by atoms with Crippen LogP contribution in [0.15, 0.2) is 73.1 Å². The molecule has 0 atom stereocenters. The molecule has 1 aromatic heterocycles. The monoisotopic (exact) mass is 369 g/mol. The van der Waals surface area contributed by atoms with Crippen LogP contribution in [0, 0.1) is 0 Å². The maximum atomic E-state index is 12.8. The van der Waals surface area contributed by atoms with E-state index in [1.807, 2.05) is 42.6 Å². The van der Waals surface area contributed by atoms with Crippen molar-refractivity contribution in [3.8, 4) is 0 Å². The van der Waals surface area contributed by atoms with E-state index in [1.54, 1.807) is 6.20 Å². The second-order valence-corrected chi connectivity index (χ2v) is 6.47. The van der Waals surface area contributed by atoms with Crippen molar-refractivity contribution in [2.45, 2.75) is 12.7 Å². The van der Waals surface area contributed by atoms with E-state index >= 15 is 0 Å². The molecule has 2 aromatic carbocycles. The first kappa shape index (κ1) is 17.4. The predicted octanol–water partition coefficient (Wildman–Crippen LogP) is 5.26. The summed E-state index contributed by atoms with van der Waals surface area (Å²) in [4.78, 5) is 8.50. The van der Waals surface area contributed by atoms with Crippen molar-refractivity contribution in [2.75, 3.05) is 22.9 Å². The van der Waals surface area contributed by atoms with Crippen LogP contribution in [0.25, 0.3) is 0 Å². The molecule has 0 aliphatic carbocycles. The van der Waals surface area contributed by atoms with Crippen molar-refractivity contribution in [1.29, 1.82) is 0 Å². The highest BCUT2D eigenvalue weighted by Crippen LogP contribution is 2.39. The van der Waals surface area contributed by atoms with Gasteiger partial charge in [-0.05, 0) is 48.0 Å². The average molecular weight is 369 g/mol. The van der Waals surface area contributed by atoms with Crippen molar-refractivity contribution in [1.82, 2.24) is 4.98 Å². The van der Waals surface area contributed by atoms with Crippen LogP contribution in [0.3, 0.4) is 0 Å². The molecule has 1 aliphatic heterocycles. The minimum atomic E-state index is -4.32. The summed E-state index contributed by atoms with van der Waals surface area (Å²) in [6.07, 6.45) is -0.719. The number of para-hydroxylation sites is 2. The van der Waals surface area contributed by atoms with Gasteiger partial charge >= 0.3 is 6.18 Å². The maximum absolute atomic E-state index is 12.8. The van der Waals surface area contributed by atoms with Crippen LogP contribution in [0.2, 0.25) is 0 Å². The highest BCUT2D eigenvalue weighted by molar-refractivity contribution is 5.79. The fourth-order valence-electron chi connectivity index (χ4n) is 3.40. The van der Waals surface area contributed by atoms with E-state index in [2.05, 4.69) is 14.8 Å². The molecule has 0 N–H and O–H groups in total. The number of alkyl halides is 3. The Kier molecular flexibility index (Phi) is 4.48. The molecule has 3 aromatic rings. The van der Waals surface area contributed by atoms with Gasteiger partial charge in [-0.15, -0.1) is 0 Å². The zero-order valence-corrected chi connectivity index (χ0v) is 14.5. The minimum absolute atomic E-state index is 0.630. The number of halogens is 3. The summed E-state index contributed by atoms with van der Waals surface area (Å²) in [5, 5.41) is 0. The van der Waals surface area contributed by atoms with Crippen LogP contribution in [0.5, 0.6) is 0 Å². The summed E-state index contributed by atoms with van der Waals surface area (Å²) in [5.41, 5.74) is 3.31. The lowest BCUT2D eigenvalue weighted by atomic mass is 10.1. The number of fused-ring (bicyclic) bond motifs is 1. The molecule has 2 heterocycles. The number of anilines is 3. The number of benzene rings is 2. The van der Waals surface area contributed by atoms with Gasteiger partial charge in [-0.2, -0.15) is 13.2 Å². The third kappa shape index (κ3) is 3.60. The van der Waals surface area contributed by atoms with Gasteiger partial charge in [-0.3, -0.25) is 4.98 Å². The highest BCUT2D eigenvalue weighted by Gasteiger charge is 2.30. The molecule has 0 unspecified atom stereocenters. The van der Waals surface area contributed by atoms with E-state index < -0.39 is 11.7 Å². The van der Waals surface area contributed by atoms with Crippen LogP contribution in [0.4, 0.5) is 30.2 Å². The Morgan fingerprint density at radius 2 is 1.59 bits per heavy atom. The highest BCUT2D eigenvalue weighted by atomic mass is 19.4. The molecule has 138 valence electrons. The molecule has 0 saturated heterocycles. The van der Waals surface area contributed by atoms with Crippen molar-refractivity contribution >= 4 is 17.1 Å². The molecule has 0 fully saturated rings. The number of rotatable bonds is 3. The average Bonchev–Trinajstić information content (AvgIpc) is 2.68. The predicted molar refractivity (Wildman–Crippen MR) is 100 cm³/mol. The number of hydrogen-bond donors (Lipinski definition) is 0. The van der Waals surface area contributed by atoms with Gasteiger partial charge in [0.05, 0.1) is 16.9 Å². The van der Waals surface area contributed by atoms with E-state index in [1.165, 1.54) is 12.1 Å². The van der Waals surface area contributed by atoms with Crippen molar-refractivity contribution in [3.05, 3.63) is 84.2 Å². The lowest BCUT2D eigenvalue weighted by Gasteiger charge is -2.39. The standard InChI is InChI=1S/C21H18F3N3/c22-21(23,24)17-7-9-18(10-8-17)27-13-12-26(15-16-4-3-11-25-14-16)19-5-1-2-6-20(19)27/h1-11,14H,12-13,15H2. The number of hydrogen-bond acceptors (Lipinski definition) is 3. The van der Waals surface area contributed by atoms with Crippen LogP contribution in [0.1, 0.15) is 11.1 Å². The fourth-order valence-corrected chi connectivity index (χ4v) is 3.40. The summed E-state index contributed by atoms with van der Waals surface area (Å²) in [6.45, 7) is 2.21. The lowest BCUT2D eigenvalue weighted by molar-refractivity contribution is -0.137. The molecule has 0 bridgehead atoms. The van der Waals surface area contributed by atoms with Gasteiger partial charge in [-0.25, -0.2) is 0 Å². The third-order valence-corrected chi connectivity index (χ3v) is 4.71. The first-order valence-corrected chi connectivity index (χ1v) is 8.70. The van der Waals surface area contributed by atoms with Crippen LogP contribution < -0.4 is 9.80 Å². The van der Waals surface area contributed by atoms with Gasteiger partial charge in [0.15, 0.2) is 0 Å². The molecule has 27 heavy (non-hydrogen) atoms. The number of aromatic nitrogens is 1. The van der Waals surface area contributed by atoms with Crippen LogP contribution in [-0.4, -0.2) is 18.1 Å². The van der Waals surface area contributed by atoms with Gasteiger partial charge in [-0.1, -0.05) is 18.2 Å². The maximum Gasteiger partial charge on any atom is 0.416 e. The Morgan fingerprint density at radius 3 is 2.26 bits per heavy atom. The van der Waals surface area contributed by atoms with Crippen LogP contribution >= 0.6 is 0 Å². The first-order chi connectivity index (χ1) is 13.0. The van der Waals surface area contributed by atoms with E-state index in [0.717, 1.165) is 47.8 Å². The third-order valence-electron chi connectivity index (χ3n) is 4.71. The van der Waals surface area contributed by atoms with Crippen molar-refractivity contribution in [3.63, 3.8) is 0 Å². The molecular formula is C21H18F3N3. The molecular weight excluding hydrogens is 351 g/mol. The van der Waals surface area contributed by atoms with E-state index in [4.69, 9.17) is 0 Å². The number of pyridine rings is 1. The van der Waals surface area contributed by atoms with E-state index in [-0.39, 0.29) is 0 Å². The Hall–Kier alpha value is -3.02. The summed E-state index contributed by atoms with van der Waals surface area (Å²) >= 11 is 0. The number of nitrogens with zero attached hydrogens (tertiary/aromatic N) is 3. The Labute approximate surface area is 155 Å². The molecule has 0 radical (unpaired) electrons. The SMILES string of the molecule is FC(F)(F)c1ccc(N2CCN(Cc3cccnc3)c3ccccc32)cc1. The Bertz CT molecular complexity index is 908. The smallest absolute Gasteiger partial charge is 0.364 e. The van der Waals surface area contributed by atoms with E-state index in [9.17, 15) is 13.2 Å². The molecule has 0 saturated carbocycles. The zero-order chi connectivity index (χ0) is 18.9. The fraction of sp³-hybridized carbons (Fsp3) is 0.190. The lowest BCUT2D eigenvalue weighted by Crippen LogP contribution is -2.38. The second-order valence-electron chi connectivity index (χ2n) is 6.47. The van der Waals surface area contributed by atoms with E-state index in [0.29, 0.717) is 6.54 Å². The van der Waals surface area contributed by atoms with Gasteiger partial charge < -0.3 is 9.80 Å². The first-order valence-electron chi connectivity index (χ1n) is 8.70. The normalized spacial score (nSPS) is 14.2. The second kappa shape index (κ2) is 6.95. The Balaban J connectivity index is 1.63. The summed E-state index contributed by atoms with van der Waals surface area (Å²) in [7, 11) is 0. The summed E-state index contributed by atoms with van der Waals surface area (Å²) in [5.74, 6) is 0. The molecule has 1 aliphatic rings. The summed E-state index contributed by atoms with van der Waals surface area (Å²) in [6, 6.07) is 17.3. The van der Waals surface area contributed by atoms with Crippen molar-refractivity contribution in [2.24, 2.45) is 0 Å². The van der Waals surface area contributed by atoms with Crippen LogP contribution in [-0.2, 0) is 12.7 Å². The molecule has 0 spiro atoms. The molecule has 0 amide bonds. The molecule has 3 nitrogen and oxygen atoms in total. The van der Waals surface area contributed by atoms with Gasteiger partial charge in [0, 0.05) is 37.7 Å². The topological polar surface area (TPSA) is 19.4 Å². The van der Waals surface area contributed by atoms with Gasteiger partial charge in [0.1, 0.15) is 0 Å². The minimum Gasteiger partial charge on any atom is -0.364 e. The van der Waals surface area contributed by atoms with Gasteiger partial charge in [0.2, 0.25) is 0 Å². The van der Waals surface area contributed by atoms with Crippen molar-refractivity contribution < 1.29 is 13.2 Å².